The number of halogens is 2. The van der Waals surface area contributed by atoms with Crippen LogP contribution >= 0.6 is 11.6 Å². The fraction of sp³-hybridized carbons (Fsp3) is 0.316. The van der Waals surface area contributed by atoms with Crippen LogP contribution in [0.2, 0.25) is 5.02 Å². The minimum atomic E-state index is -3.65. The zero-order chi connectivity index (χ0) is 18.7. The molecule has 7 heteroatoms. The van der Waals surface area contributed by atoms with Gasteiger partial charge in [-0.2, -0.15) is 13.5 Å². The molecule has 26 heavy (non-hydrogen) atoms. The maximum atomic E-state index is 13.2. The van der Waals surface area contributed by atoms with Crippen molar-refractivity contribution in [1.29, 1.82) is 0 Å². The van der Waals surface area contributed by atoms with E-state index < -0.39 is 10.0 Å². The van der Waals surface area contributed by atoms with Gasteiger partial charge in [0.15, 0.2) is 0 Å². The molecule has 0 spiro atoms. The topological polar surface area (TPSA) is 58.5 Å². The summed E-state index contributed by atoms with van der Waals surface area (Å²) in [6, 6.07) is 11.1. The Morgan fingerprint density at radius 1 is 1.12 bits per heavy atom. The van der Waals surface area contributed by atoms with Crippen molar-refractivity contribution < 1.29 is 12.8 Å². The second-order valence-electron chi connectivity index (χ2n) is 6.53. The van der Waals surface area contributed by atoms with Crippen molar-refractivity contribution in [2.75, 3.05) is 0 Å². The average Bonchev–Trinajstić information content (AvgIpc) is 2.61. The molecule has 0 aliphatic heterocycles. The summed E-state index contributed by atoms with van der Waals surface area (Å²) < 4.78 is 37.7. The first kappa shape index (κ1) is 18.9. The summed E-state index contributed by atoms with van der Waals surface area (Å²) in [6.45, 7) is 1.90. The zero-order valence-corrected chi connectivity index (χ0v) is 15.9. The van der Waals surface area contributed by atoms with E-state index in [-0.39, 0.29) is 16.6 Å². The molecule has 1 saturated carbocycles. The summed E-state index contributed by atoms with van der Waals surface area (Å²) in [5.41, 5.74) is 2.75. The van der Waals surface area contributed by atoms with Gasteiger partial charge in [0, 0.05) is 10.7 Å². The summed E-state index contributed by atoms with van der Waals surface area (Å²) in [4.78, 5) is 2.52. The molecule has 0 bridgehead atoms. The van der Waals surface area contributed by atoms with Gasteiger partial charge in [0.05, 0.1) is 4.90 Å². The maximum Gasteiger partial charge on any atom is 0.276 e. The van der Waals surface area contributed by atoms with Crippen molar-refractivity contribution in [2.24, 2.45) is 5.10 Å². The highest BCUT2D eigenvalue weighted by Crippen LogP contribution is 2.35. The van der Waals surface area contributed by atoms with E-state index in [9.17, 15) is 12.8 Å². The van der Waals surface area contributed by atoms with Crippen molar-refractivity contribution >= 4 is 27.3 Å². The first-order chi connectivity index (χ1) is 12.3. The quantitative estimate of drug-likeness (QED) is 0.758. The lowest BCUT2D eigenvalue weighted by Gasteiger charge is -2.24. The normalized spacial score (nSPS) is 17.8. The molecule has 0 unspecified atom stereocenters. The van der Waals surface area contributed by atoms with Crippen LogP contribution in [0.25, 0.3) is 0 Å². The number of hydrazone groups is 1. The van der Waals surface area contributed by atoms with Gasteiger partial charge in [-0.05, 0) is 68.4 Å². The van der Waals surface area contributed by atoms with Gasteiger partial charge in [0.25, 0.3) is 10.0 Å². The Labute approximate surface area is 158 Å². The van der Waals surface area contributed by atoms with Crippen LogP contribution in [0.1, 0.15) is 42.7 Å². The molecular formula is C19H20ClFN2O2S. The Hall–Kier alpha value is -1.92. The summed E-state index contributed by atoms with van der Waals surface area (Å²) >= 11 is 6.14. The van der Waals surface area contributed by atoms with Crippen LogP contribution in [0.4, 0.5) is 4.39 Å². The predicted molar refractivity (Wildman–Crippen MR) is 102 cm³/mol. The van der Waals surface area contributed by atoms with Crippen LogP contribution in [0.15, 0.2) is 52.5 Å². The second kappa shape index (κ2) is 7.76. The molecular weight excluding hydrogens is 375 g/mol. The monoisotopic (exact) mass is 394 g/mol. The predicted octanol–water partition coefficient (Wildman–Crippen LogP) is 4.78. The Bertz CT molecular complexity index is 917. The van der Waals surface area contributed by atoms with E-state index in [1.165, 1.54) is 12.1 Å². The smallest absolute Gasteiger partial charge is 0.207 e. The number of hydrogen-bond donors (Lipinski definition) is 1. The molecule has 138 valence electrons. The van der Waals surface area contributed by atoms with Crippen molar-refractivity contribution in [1.82, 2.24) is 4.83 Å². The zero-order valence-electron chi connectivity index (χ0n) is 14.4. The number of nitrogens with zero attached hydrogens (tertiary/aromatic N) is 1. The SMILES string of the molecule is Cc1ccc(S(=O)(=O)NN=C2CCC(c3ccc(F)cc3Cl)CC2)cc1. The third-order valence-corrected chi connectivity index (χ3v) is 6.17. The molecule has 1 aliphatic carbocycles. The summed E-state index contributed by atoms with van der Waals surface area (Å²) in [5.74, 6) is -0.113. The molecule has 0 heterocycles. The largest absolute Gasteiger partial charge is 0.276 e. The number of benzene rings is 2. The molecule has 4 nitrogen and oxygen atoms in total. The van der Waals surface area contributed by atoms with Gasteiger partial charge in [0.2, 0.25) is 0 Å². The molecule has 1 aliphatic rings. The number of hydrogen-bond acceptors (Lipinski definition) is 3. The van der Waals surface area contributed by atoms with Gasteiger partial charge in [-0.15, -0.1) is 0 Å². The van der Waals surface area contributed by atoms with E-state index in [2.05, 4.69) is 9.93 Å². The van der Waals surface area contributed by atoms with Gasteiger partial charge < -0.3 is 0 Å². The first-order valence-electron chi connectivity index (χ1n) is 8.44. The molecule has 0 aromatic heterocycles. The van der Waals surface area contributed by atoms with Gasteiger partial charge in [-0.25, -0.2) is 9.22 Å². The summed E-state index contributed by atoms with van der Waals surface area (Å²) in [7, 11) is -3.65. The fourth-order valence-corrected chi connectivity index (χ4v) is 4.27. The molecule has 2 aromatic carbocycles. The Morgan fingerprint density at radius 2 is 1.77 bits per heavy atom. The third-order valence-electron chi connectivity index (χ3n) is 4.62. The van der Waals surface area contributed by atoms with Crippen molar-refractivity contribution in [3.8, 4) is 0 Å². The van der Waals surface area contributed by atoms with E-state index in [0.29, 0.717) is 17.9 Å². The standard InChI is InChI=1S/C19H20ClFN2O2S/c1-13-2-9-17(10-3-13)26(24,25)23-22-16-7-4-14(5-8-16)18-11-6-15(21)12-19(18)20/h2-3,6,9-12,14,23H,4-5,7-8H2,1H3. The molecule has 3 rings (SSSR count). The lowest BCUT2D eigenvalue weighted by atomic mass is 9.83. The van der Waals surface area contributed by atoms with Crippen LogP contribution in [0, 0.1) is 12.7 Å². The molecule has 0 atom stereocenters. The van der Waals surface area contributed by atoms with Crippen molar-refractivity contribution in [3.63, 3.8) is 0 Å². The van der Waals surface area contributed by atoms with Crippen LogP contribution in [-0.4, -0.2) is 14.1 Å². The highest BCUT2D eigenvalue weighted by Gasteiger charge is 2.22. The van der Waals surface area contributed by atoms with Gasteiger partial charge in [0.1, 0.15) is 5.82 Å². The second-order valence-corrected chi connectivity index (χ2v) is 8.59. The van der Waals surface area contributed by atoms with E-state index >= 15 is 0 Å². The van der Waals surface area contributed by atoms with Gasteiger partial charge in [-0.1, -0.05) is 35.4 Å². The van der Waals surface area contributed by atoms with Crippen LogP contribution in [0.5, 0.6) is 0 Å². The fourth-order valence-electron chi connectivity index (χ4n) is 3.10. The lowest BCUT2D eigenvalue weighted by molar-refractivity contribution is 0.558. The Balaban J connectivity index is 1.63. The van der Waals surface area contributed by atoms with Crippen molar-refractivity contribution in [2.45, 2.75) is 43.4 Å². The van der Waals surface area contributed by atoms with Crippen LogP contribution < -0.4 is 4.83 Å². The molecule has 0 saturated heterocycles. The van der Waals surface area contributed by atoms with Crippen LogP contribution in [0.3, 0.4) is 0 Å². The molecule has 0 amide bonds. The molecule has 1 N–H and O–H groups in total. The summed E-state index contributed by atoms with van der Waals surface area (Å²) in [6.07, 6.45) is 2.95. The van der Waals surface area contributed by atoms with E-state index in [1.807, 2.05) is 6.92 Å². The minimum absolute atomic E-state index is 0.194. The van der Waals surface area contributed by atoms with Gasteiger partial charge in [-0.3, -0.25) is 0 Å². The number of aryl methyl sites for hydroxylation is 1. The molecule has 0 radical (unpaired) electrons. The third kappa shape index (κ3) is 4.43. The van der Waals surface area contributed by atoms with Crippen molar-refractivity contribution in [3.05, 3.63) is 64.4 Å². The Morgan fingerprint density at radius 3 is 2.38 bits per heavy atom. The number of nitrogens with one attached hydrogen (secondary N) is 1. The summed E-state index contributed by atoms with van der Waals surface area (Å²) in [5, 5.41) is 4.54. The highest BCUT2D eigenvalue weighted by atomic mass is 35.5. The van der Waals surface area contributed by atoms with E-state index in [0.717, 1.165) is 29.7 Å². The molecule has 2 aromatic rings. The van der Waals surface area contributed by atoms with E-state index in [4.69, 9.17) is 11.6 Å². The van der Waals surface area contributed by atoms with Gasteiger partial charge >= 0.3 is 0 Å². The first-order valence-corrected chi connectivity index (χ1v) is 10.3. The minimum Gasteiger partial charge on any atom is -0.207 e. The number of rotatable bonds is 4. The number of sulfonamides is 1. The molecule has 1 fully saturated rings. The Kier molecular flexibility index (Phi) is 5.63. The average molecular weight is 395 g/mol. The highest BCUT2D eigenvalue weighted by molar-refractivity contribution is 7.89. The van der Waals surface area contributed by atoms with Crippen LogP contribution in [-0.2, 0) is 10.0 Å². The maximum absolute atomic E-state index is 13.2. The lowest BCUT2D eigenvalue weighted by Crippen LogP contribution is -2.22. The van der Waals surface area contributed by atoms with E-state index in [1.54, 1.807) is 30.3 Å².